The van der Waals surface area contributed by atoms with E-state index in [1.807, 2.05) is 0 Å². The van der Waals surface area contributed by atoms with E-state index in [2.05, 4.69) is 4.74 Å². The van der Waals surface area contributed by atoms with E-state index in [1.54, 1.807) is 0 Å². The van der Waals surface area contributed by atoms with Crippen molar-refractivity contribution in [2.45, 2.75) is 16.6 Å². The molecule has 0 saturated carbocycles. The first-order valence-corrected chi connectivity index (χ1v) is 7.35. The second kappa shape index (κ2) is 8.78. The number of urea groups is 1. The number of carbonyl (C=O) groups excluding carboxylic acids is 3. The summed E-state index contributed by atoms with van der Waals surface area (Å²) in [7, 11) is 0. The van der Waals surface area contributed by atoms with Crippen LogP contribution < -0.4 is 10.6 Å². The predicted molar refractivity (Wildman–Crippen MR) is 76.2 cm³/mol. The van der Waals surface area contributed by atoms with E-state index >= 15 is 0 Å². The van der Waals surface area contributed by atoms with Gasteiger partial charge in [0.05, 0.1) is 5.56 Å². The molecule has 13 heteroatoms. The number of rotatable bonds is 5. The van der Waals surface area contributed by atoms with Crippen molar-refractivity contribution in [3.63, 3.8) is 0 Å². The Bertz CT molecular complexity index is 660. The third kappa shape index (κ3) is 9.15. The van der Waals surface area contributed by atoms with Gasteiger partial charge in [0.1, 0.15) is 6.54 Å². The van der Waals surface area contributed by atoms with Gasteiger partial charge < -0.3 is 10.1 Å². The molecule has 0 bridgehead atoms. The summed E-state index contributed by atoms with van der Waals surface area (Å²) in [4.78, 5) is 33.7. The first-order valence-electron chi connectivity index (χ1n) is 6.53. The van der Waals surface area contributed by atoms with Crippen molar-refractivity contribution in [1.29, 1.82) is 0 Å². The van der Waals surface area contributed by atoms with Gasteiger partial charge in [0.2, 0.25) is 0 Å². The minimum Gasteiger partial charge on any atom is -0.452 e. The molecule has 0 fully saturated rings. The number of amides is 3. The van der Waals surface area contributed by atoms with Crippen molar-refractivity contribution >= 4 is 29.7 Å². The van der Waals surface area contributed by atoms with Crippen molar-refractivity contribution in [1.82, 2.24) is 10.6 Å². The predicted octanol–water partition coefficient (Wildman–Crippen LogP) is 2.84. The maximum absolute atomic E-state index is 12.2. The topological polar surface area (TPSA) is 84.5 Å². The normalized spacial score (nSPS) is 11.6. The average Bonchev–Trinajstić information content (AvgIpc) is 2.49. The summed E-state index contributed by atoms with van der Waals surface area (Å²) in [5, 5.41) is 2.87. The highest BCUT2D eigenvalue weighted by Crippen LogP contribution is 2.36. The average molecular weight is 404 g/mol. The lowest BCUT2D eigenvalue weighted by atomic mass is 10.2. The molecule has 0 heterocycles. The number of thioether (sulfide) groups is 1. The number of imide groups is 1. The first kappa shape index (κ1) is 21.6. The quantitative estimate of drug-likeness (QED) is 0.448. The van der Waals surface area contributed by atoms with Crippen LogP contribution in [0, 0.1) is 0 Å². The number of alkyl halides is 6. The number of hydrogen-bond acceptors (Lipinski definition) is 5. The maximum Gasteiger partial charge on any atom is 0.446 e. The molecule has 2 N–H and O–H groups in total. The Morgan fingerprint density at radius 3 is 2.08 bits per heavy atom. The highest BCUT2D eigenvalue weighted by Gasteiger charge is 2.29. The van der Waals surface area contributed by atoms with Gasteiger partial charge in [0, 0.05) is 4.90 Å². The monoisotopic (exact) mass is 404 g/mol. The summed E-state index contributed by atoms with van der Waals surface area (Å²) in [6.45, 7) is -2.63. The van der Waals surface area contributed by atoms with E-state index in [-0.39, 0.29) is 22.2 Å². The summed E-state index contributed by atoms with van der Waals surface area (Å²) in [5.41, 5.74) is -4.65. The highest BCUT2D eigenvalue weighted by molar-refractivity contribution is 8.00. The molecule has 1 aromatic rings. The van der Waals surface area contributed by atoms with Gasteiger partial charge in [-0.1, -0.05) is 0 Å². The minimum absolute atomic E-state index is 0.161. The lowest BCUT2D eigenvalue weighted by molar-refractivity contribution is -0.125. The Hall–Kier alpha value is -2.44. The van der Waals surface area contributed by atoms with Crippen LogP contribution in [0.5, 0.6) is 0 Å². The fraction of sp³-hybridized carbons (Fsp3) is 0.308. The van der Waals surface area contributed by atoms with Gasteiger partial charge in [-0.25, -0.2) is 9.59 Å². The molecule has 0 atom stereocenters. The number of nitrogens with one attached hydrogen (secondary N) is 2. The third-order valence-electron chi connectivity index (χ3n) is 2.36. The highest BCUT2D eigenvalue weighted by atomic mass is 32.2. The largest absolute Gasteiger partial charge is 0.452 e. The number of halogens is 6. The molecule has 0 radical (unpaired) electrons. The number of benzene rings is 1. The molecule has 1 rings (SSSR count). The number of ether oxygens (including phenoxy) is 1. The van der Waals surface area contributed by atoms with Gasteiger partial charge in [-0.05, 0) is 36.0 Å². The van der Waals surface area contributed by atoms with E-state index in [0.29, 0.717) is 0 Å². The Labute approximate surface area is 146 Å². The Morgan fingerprint density at radius 2 is 1.58 bits per heavy atom. The summed E-state index contributed by atoms with van der Waals surface area (Å²) >= 11 is -0.388. The molecular formula is C13H10F6N2O4S. The summed E-state index contributed by atoms with van der Waals surface area (Å²) in [6.07, 6.45) is -4.66. The van der Waals surface area contributed by atoms with E-state index in [0.717, 1.165) is 24.3 Å². The van der Waals surface area contributed by atoms with E-state index in [4.69, 9.17) is 0 Å². The van der Waals surface area contributed by atoms with Crippen molar-refractivity contribution < 1.29 is 45.5 Å². The van der Waals surface area contributed by atoms with Crippen LogP contribution in [0.3, 0.4) is 0 Å². The number of esters is 1. The number of carbonyl (C=O) groups is 3. The van der Waals surface area contributed by atoms with Crippen LogP contribution in [0.25, 0.3) is 0 Å². The number of hydrogen-bond donors (Lipinski definition) is 2. The zero-order valence-electron chi connectivity index (χ0n) is 12.5. The van der Waals surface area contributed by atoms with Crippen molar-refractivity contribution in [3.8, 4) is 0 Å². The third-order valence-corrected chi connectivity index (χ3v) is 3.10. The molecule has 0 aliphatic carbocycles. The maximum atomic E-state index is 12.2. The molecule has 6 nitrogen and oxygen atoms in total. The molecular weight excluding hydrogens is 394 g/mol. The molecule has 0 aromatic heterocycles. The zero-order chi connectivity index (χ0) is 20.0. The van der Waals surface area contributed by atoms with Gasteiger partial charge >= 0.3 is 23.7 Å². The minimum atomic E-state index is -4.66. The molecule has 144 valence electrons. The van der Waals surface area contributed by atoms with E-state index < -0.39 is 42.7 Å². The molecule has 0 unspecified atom stereocenters. The first-order chi connectivity index (χ1) is 11.9. The second-order valence-corrected chi connectivity index (χ2v) is 5.63. The van der Waals surface area contributed by atoms with Crippen LogP contribution >= 0.6 is 11.8 Å². The fourth-order valence-electron chi connectivity index (χ4n) is 1.39. The smallest absolute Gasteiger partial charge is 0.446 e. The molecule has 0 spiro atoms. The SMILES string of the molecule is O=C(COC(=O)c1ccc(SC(F)(F)F)cc1)NC(=O)NCC(F)(F)F. The standard InChI is InChI=1S/C13H10F6N2O4S/c14-12(15,16)6-20-11(24)21-9(22)5-25-10(23)7-1-3-8(4-2-7)26-13(17,18)19/h1-4H,5-6H2,(H2,20,21,22,24). The van der Waals surface area contributed by atoms with Gasteiger partial charge in [0.25, 0.3) is 5.91 Å². The molecule has 3 amide bonds. The summed E-state index contributed by atoms with van der Waals surface area (Å²) < 4.78 is 76.6. The van der Waals surface area contributed by atoms with Crippen LogP contribution in [-0.4, -0.2) is 42.7 Å². The lowest BCUT2D eigenvalue weighted by Gasteiger charge is -2.09. The molecule has 0 aliphatic heterocycles. The van der Waals surface area contributed by atoms with Gasteiger partial charge in [0.15, 0.2) is 6.61 Å². The molecule has 0 saturated heterocycles. The van der Waals surface area contributed by atoms with Crippen LogP contribution in [0.4, 0.5) is 31.1 Å². The fourth-order valence-corrected chi connectivity index (χ4v) is 1.93. The van der Waals surface area contributed by atoms with Gasteiger partial charge in [-0.2, -0.15) is 26.3 Å². The van der Waals surface area contributed by atoms with Crippen LogP contribution in [-0.2, 0) is 9.53 Å². The van der Waals surface area contributed by atoms with Crippen LogP contribution in [0.15, 0.2) is 29.2 Å². The van der Waals surface area contributed by atoms with Crippen LogP contribution in [0.2, 0.25) is 0 Å². The lowest BCUT2D eigenvalue weighted by Crippen LogP contribution is -2.44. The van der Waals surface area contributed by atoms with Crippen molar-refractivity contribution in [3.05, 3.63) is 29.8 Å². The Balaban J connectivity index is 2.43. The van der Waals surface area contributed by atoms with Gasteiger partial charge in [-0.3, -0.25) is 10.1 Å². The van der Waals surface area contributed by atoms with E-state index in [9.17, 15) is 40.7 Å². The molecule has 0 aliphatic rings. The second-order valence-electron chi connectivity index (χ2n) is 4.49. The summed E-state index contributed by atoms with van der Waals surface area (Å²) in [6, 6.07) is 2.66. The van der Waals surface area contributed by atoms with E-state index in [1.165, 1.54) is 10.6 Å². The van der Waals surface area contributed by atoms with Crippen molar-refractivity contribution in [2.75, 3.05) is 13.2 Å². The Kier molecular flexibility index (Phi) is 7.29. The zero-order valence-corrected chi connectivity index (χ0v) is 13.3. The molecule has 26 heavy (non-hydrogen) atoms. The Morgan fingerprint density at radius 1 is 1.00 bits per heavy atom. The van der Waals surface area contributed by atoms with Crippen molar-refractivity contribution in [2.24, 2.45) is 0 Å². The van der Waals surface area contributed by atoms with Gasteiger partial charge in [-0.15, -0.1) is 0 Å². The molecule has 1 aromatic carbocycles. The summed E-state index contributed by atoms with van der Waals surface area (Å²) in [5.74, 6) is -2.26. The van der Waals surface area contributed by atoms with Crippen LogP contribution in [0.1, 0.15) is 10.4 Å².